The molecule has 1 heterocycles. The van der Waals surface area contributed by atoms with Crippen molar-refractivity contribution >= 4 is 28.6 Å². The van der Waals surface area contributed by atoms with E-state index in [2.05, 4.69) is 15.3 Å². The summed E-state index contributed by atoms with van der Waals surface area (Å²) in [6, 6.07) is 14.5. The van der Waals surface area contributed by atoms with Gasteiger partial charge in [0.15, 0.2) is 5.95 Å². The minimum atomic E-state index is -0.146. The number of hydrogen-bond acceptors (Lipinski definition) is 3. The summed E-state index contributed by atoms with van der Waals surface area (Å²) < 4.78 is 0. The lowest BCUT2D eigenvalue weighted by atomic mass is 10.2. The molecule has 0 aliphatic carbocycles. The summed E-state index contributed by atoms with van der Waals surface area (Å²) in [5.41, 5.74) is 8.46. The van der Waals surface area contributed by atoms with Gasteiger partial charge in [0.25, 0.3) is 5.91 Å². The lowest BCUT2D eigenvalue weighted by molar-refractivity contribution is 0.102. The first-order chi connectivity index (χ1) is 9.22. The van der Waals surface area contributed by atoms with Crippen molar-refractivity contribution in [2.24, 2.45) is 0 Å². The first-order valence-corrected chi connectivity index (χ1v) is 5.84. The fourth-order valence-corrected chi connectivity index (χ4v) is 1.90. The predicted molar refractivity (Wildman–Crippen MR) is 74.9 cm³/mol. The number of aromatic nitrogens is 2. The third kappa shape index (κ3) is 2.26. The summed E-state index contributed by atoms with van der Waals surface area (Å²) in [6.07, 6.45) is 0. The number of benzene rings is 2. The Morgan fingerprint density at radius 2 is 1.95 bits per heavy atom. The van der Waals surface area contributed by atoms with Crippen LogP contribution in [0.1, 0.15) is 10.4 Å². The molecule has 0 fully saturated rings. The number of hydrogen-bond donors (Lipinski definition) is 3. The van der Waals surface area contributed by atoms with Gasteiger partial charge >= 0.3 is 0 Å². The maximum Gasteiger partial charge on any atom is 0.255 e. The highest BCUT2D eigenvalue weighted by Gasteiger charge is 2.06. The van der Waals surface area contributed by atoms with Gasteiger partial charge in [-0.15, -0.1) is 0 Å². The van der Waals surface area contributed by atoms with E-state index in [-0.39, 0.29) is 5.91 Å². The van der Waals surface area contributed by atoms with Gasteiger partial charge in [-0.2, -0.15) is 0 Å². The molecule has 0 aliphatic heterocycles. The normalized spacial score (nSPS) is 10.5. The number of amides is 1. The third-order valence-electron chi connectivity index (χ3n) is 2.79. The largest absolute Gasteiger partial charge is 0.369 e. The van der Waals surface area contributed by atoms with Crippen LogP contribution in [0.4, 0.5) is 11.6 Å². The fourth-order valence-electron chi connectivity index (χ4n) is 1.90. The average Bonchev–Trinajstić information content (AvgIpc) is 2.79. The third-order valence-corrected chi connectivity index (χ3v) is 2.79. The first kappa shape index (κ1) is 11.3. The summed E-state index contributed by atoms with van der Waals surface area (Å²) in [4.78, 5) is 19.0. The quantitative estimate of drug-likeness (QED) is 0.654. The Labute approximate surface area is 109 Å². The van der Waals surface area contributed by atoms with Crippen LogP contribution >= 0.6 is 0 Å². The Hall–Kier alpha value is -2.82. The number of fused-ring (bicyclic) bond motifs is 1. The molecule has 3 aromatic rings. The molecule has 4 N–H and O–H groups in total. The zero-order chi connectivity index (χ0) is 13.2. The van der Waals surface area contributed by atoms with Crippen molar-refractivity contribution in [3.05, 3.63) is 54.1 Å². The summed E-state index contributed by atoms with van der Waals surface area (Å²) in [5, 5.41) is 2.83. The SMILES string of the molecule is Nc1nc2ccc(NC(=O)c3ccccc3)cc2[nH]1. The molecule has 0 bridgehead atoms. The number of nitrogens with zero attached hydrogens (tertiary/aromatic N) is 1. The van der Waals surface area contributed by atoms with Crippen molar-refractivity contribution in [2.45, 2.75) is 0 Å². The second-order valence-corrected chi connectivity index (χ2v) is 4.17. The van der Waals surface area contributed by atoms with Crippen molar-refractivity contribution in [3.63, 3.8) is 0 Å². The summed E-state index contributed by atoms with van der Waals surface area (Å²) in [5.74, 6) is 0.217. The number of nitrogen functional groups attached to an aromatic ring is 1. The number of aromatic amines is 1. The Balaban J connectivity index is 1.87. The fraction of sp³-hybridized carbons (Fsp3) is 0. The maximum absolute atomic E-state index is 12.0. The van der Waals surface area contributed by atoms with Crippen molar-refractivity contribution in [2.75, 3.05) is 11.1 Å². The van der Waals surface area contributed by atoms with E-state index in [9.17, 15) is 4.79 Å². The van der Waals surface area contributed by atoms with Crippen LogP contribution in [-0.2, 0) is 0 Å². The Kier molecular flexibility index (Phi) is 2.64. The van der Waals surface area contributed by atoms with Crippen molar-refractivity contribution < 1.29 is 4.79 Å². The van der Waals surface area contributed by atoms with E-state index >= 15 is 0 Å². The van der Waals surface area contributed by atoms with E-state index in [4.69, 9.17) is 5.73 Å². The van der Waals surface area contributed by atoms with Gasteiger partial charge in [-0.3, -0.25) is 4.79 Å². The van der Waals surface area contributed by atoms with E-state index in [0.717, 1.165) is 11.0 Å². The molecule has 94 valence electrons. The van der Waals surface area contributed by atoms with Crippen LogP contribution < -0.4 is 11.1 Å². The monoisotopic (exact) mass is 252 g/mol. The molecule has 2 aromatic carbocycles. The molecule has 3 rings (SSSR count). The van der Waals surface area contributed by atoms with E-state index in [1.165, 1.54) is 0 Å². The molecule has 5 heteroatoms. The molecule has 1 amide bonds. The number of carbonyl (C=O) groups is 1. The van der Waals surface area contributed by atoms with Crippen LogP contribution in [0.25, 0.3) is 11.0 Å². The molecule has 0 aliphatic rings. The number of rotatable bonds is 2. The molecule has 19 heavy (non-hydrogen) atoms. The minimum absolute atomic E-state index is 0.146. The van der Waals surface area contributed by atoms with Gasteiger partial charge < -0.3 is 16.0 Å². The smallest absolute Gasteiger partial charge is 0.255 e. The Morgan fingerprint density at radius 1 is 1.16 bits per heavy atom. The zero-order valence-corrected chi connectivity index (χ0v) is 10.1. The van der Waals surface area contributed by atoms with E-state index < -0.39 is 0 Å². The zero-order valence-electron chi connectivity index (χ0n) is 10.1. The van der Waals surface area contributed by atoms with Gasteiger partial charge in [0, 0.05) is 11.3 Å². The molecule has 0 saturated heterocycles. The molecule has 0 radical (unpaired) electrons. The highest BCUT2D eigenvalue weighted by atomic mass is 16.1. The first-order valence-electron chi connectivity index (χ1n) is 5.84. The topological polar surface area (TPSA) is 83.8 Å². The highest BCUT2D eigenvalue weighted by Crippen LogP contribution is 2.18. The molecule has 0 unspecified atom stereocenters. The maximum atomic E-state index is 12.0. The van der Waals surface area contributed by atoms with Crippen molar-refractivity contribution in [1.29, 1.82) is 0 Å². The molecular weight excluding hydrogens is 240 g/mol. The van der Waals surface area contributed by atoms with Crippen molar-refractivity contribution in [3.8, 4) is 0 Å². The number of imidazole rings is 1. The molecular formula is C14H12N4O. The number of H-pyrrole nitrogens is 1. The second-order valence-electron chi connectivity index (χ2n) is 4.17. The van der Waals surface area contributed by atoms with Crippen molar-refractivity contribution in [1.82, 2.24) is 9.97 Å². The second kappa shape index (κ2) is 4.45. The molecule has 0 saturated carbocycles. The van der Waals surface area contributed by atoms with Crippen LogP contribution in [0, 0.1) is 0 Å². The van der Waals surface area contributed by atoms with E-state index in [1.54, 1.807) is 24.3 Å². The van der Waals surface area contributed by atoms with Crippen LogP contribution in [0.5, 0.6) is 0 Å². The van der Waals surface area contributed by atoms with Gasteiger partial charge in [0.1, 0.15) is 0 Å². The average molecular weight is 252 g/mol. The molecule has 0 spiro atoms. The van der Waals surface area contributed by atoms with Crippen LogP contribution in [0.2, 0.25) is 0 Å². The summed E-state index contributed by atoms with van der Waals surface area (Å²) in [6.45, 7) is 0. The number of anilines is 2. The van der Waals surface area contributed by atoms with Crippen LogP contribution in [0.15, 0.2) is 48.5 Å². The highest BCUT2D eigenvalue weighted by molar-refractivity contribution is 6.04. The van der Waals surface area contributed by atoms with Gasteiger partial charge in [-0.1, -0.05) is 18.2 Å². The summed E-state index contributed by atoms with van der Waals surface area (Å²) >= 11 is 0. The predicted octanol–water partition coefficient (Wildman–Crippen LogP) is 2.40. The minimum Gasteiger partial charge on any atom is -0.369 e. The lowest BCUT2D eigenvalue weighted by Crippen LogP contribution is -2.11. The molecule has 5 nitrogen and oxygen atoms in total. The Bertz CT molecular complexity index is 734. The van der Waals surface area contributed by atoms with Gasteiger partial charge in [-0.25, -0.2) is 4.98 Å². The van der Waals surface area contributed by atoms with Crippen LogP contribution in [0.3, 0.4) is 0 Å². The van der Waals surface area contributed by atoms with E-state index in [0.29, 0.717) is 17.2 Å². The number of nitrogens with two attached hydrogens (primary N) is 1. The number of carbonyl (C=O) groups excluding carboxylic acids is 1. The number of nitrogens with one attached hydrogen (secondary N) is 2. The van der Waals surface area contributed by atoms with Gasteiger partial charge in [0.2, 0.25) is 0 Å². The standard InChI is InChI=1S/C14H12N4O/c15-14-17-11-7-6-10(8-12(11)18-14)16-13(19)9-4-2-1-3-5-9/h1-8H,(H,16,19)(H3,15,17,18). The lowest BCUT2D eigenvalue weighted by Gasteiger charge is -2.04. The molecule has 0 atom stereocenters. The molecule has 1 aromatic heterocycles. The Morgan fingerprint density at radius 3 is 2.74 bits per heavy atom. The van der Waals surface area contributed by atoms with Crippen LogP contribution in [-0.4, -0.2) is 15.9 Å². The van der Waals surface area contributed by atoms with Gasteiger partial charge in [-0.05, 0) is 30.3 Å². The van der Waals surface area contributed by atoms with Gasteiger partial charge in [0.05, 0.1) is 11.0 Å². The summed E-state index contributed by atoms with van der Waals surface area (Å²) in [7, 11) is 0. The van der Waals surface area contributed by atoms with E-state index in [1.807, 2.05) is 24.3 Å².